The molecule has 0 amide bonds. The molecule has 1 aliphatic carbocycles. The second-order valence-corrected chi connectivity index (χ2v) is 5.89. The molecule has 18 heavy (non-hydrogen) atoms. The van der Waals surface area contributed by atoms with Gasteiger partial charge in [0.05, 0.1) is 12.3 Å². The molecule has 1 rings (SSSR count). The highest BCUT2D eigenvalue weighted by Crippen LogP contribution is 2.51. The van der Waals surface area contributed by atoms with Gasteiger partial charge in [-0.2, -0.15) is 13.2 Å². The Kier molecular flexibility index (Phi) is 4.00. The molecule has 1 saturated carbocycles. The summed E-state index contributed by atoms with van der Waals surface area (Å²) in [4.78, 5) is 10.9. The van der Waals surface area contributed by atoms with Crippen LogP contribution in [0.4, 0.5) is 13.2 Å². The van der Waals surface area contributed by atoms with Crippen LogP contribution in [0.1, 0.15) is 46.0 Å². The van der Waals surface area contributed by atoms with Gasteiger partial charge in [0.1, 0.15) is 0 Å². The van der Waals surface area contributed by atoms with Crippen molar-refractivity contribution in [1.29, 1.82) is 0 Å². The van der Waals surface area contributed by atoms with E-state index < -0.39 is 29.0 Å². The molecule has 0 aromatic carbocycles. The molecule has 1 fully saturated rings. The Morgan fingerprint density at radius 3 is 2.06 bits per heavy atom. The van der Waals surface area contributed by atoms with E-state index >= 15 is 0 Å². The summed E-state index contributed by atoms with van der Waals surface area (Å²) in [6, 6.07) is 0. The molecule has 3 N–H and O–H groups in total. The summed E-state index contributed by atoms with van der Waals surface area (Å²) < 4.78 is 37.8. The van der Waals surface area contributed by atoms with Crippen molar-refractivity contribution in [2.75, 3.05) is 0 Å². The van der Waals surface area contributed by atoms with Crippen LogP contribution in [0.2, 0.25) is 0 Å². The van der Waals surface area contributed by atoms with Crippen LogP contribution in [0.5, 0.6) is 0 Å². The topological polar surface area (TPSA) is 63.3 Å². The van der Waals surface area contributed by atoms with Gasteiger partial charge in [-0.1, -0.05) is 0 Å². The maximum absolute atomic E-state index is 12.6. The van der Waals surface area contributed by atoms with Gasteiger partial charge in [-0.05, 0) is 44.9 Å². The molecule has 0 aliphatic heterocycles. The van der Waals surface area contributed by atoms with Gasteiger partial charge in [-0.15, -0.1) is 0 Å². The number of aliphatic carboxylic acids is 1. The van der Waals surface area contributed by atoms with E-state index in [1.807, 2.05) is 0 Å². The van der Waals surface area contributed by atoms with Gasteiger partial charge in [0.15, 0.2) is 0 Å². The number of hydrogen-bond acceptors (Lipinski definition) is 2. The second kappa shape index (κ2) is 4.72. The van der Waals surface area contributed by atoms with E-state index in [9.17, 15) is 18.0 Å². The standard InChI is InChI=1S/C12H20F3NO2/c1-10(2,16)11(7-9(17)18)5-3-8(4-6-11)12(13,14)15/h8H,3-7,16H2,1-2H3,(H,17,18). The van der Waals surface area contributed by atoms with E-state index in [1.54, 1.807) is 13.8 Å². The van der Waals surface area contributed by atoms with Crippen LogP contribution in [0.25, 0.3) is 0 Å². The first-order valence-corrected chi connectivity index (χ1v) is 6.05. The molecule has 6 heteroatoms. The lowest BCUT2D eigenvalue weighted by Gasteiger charge is -2.48. The van der Waals surface area contributed by atoms with E-state index in [1.165, 1.54) is 0 Å². The first-order valence-electron chi connectivity index (χ1n) is 6.05. The van der Waals surface area contributed by atoms with Gasteiger partial charge >= 0.3 is 12.1 Å². The van der Waals surface area contributed by atoms with E-state index in [0.717, 1.165) is 0 Å². The highest BCUT2D eigenvalue weighted by Gasteiger charge is 2.51. The number of carboxylic acid groups (broad SMARTS) is 1. The lowest BCUT2D eigenvalue weighted by Crippen LogP contribution is -2.54. The molecule has 0 aromatic heterocycles. The monoisotopic (exact) mass is 267 g/mol. The van der Waals surface area contributed by atoms with Crippen molar-refractivity contribution in [1.82, 2.24) is 0 Å². The van der Waals surface area contributed by atoms with Crippen LogP contribution < -0.4 is 5.73 Å². The first-order chi connectivity index (χ1) is 7.98. The summed E-state index contributed by atoms with van der Waals surface area (Å²) in [6.07, 6.45) is -3.98. The second-order valence-electron chi connectivity index (χ2n) is 5.89. The lowest BCUT2D eigenvalue weighted by atomic mass is 9.59. The summed E-state index contributed by atoms with van der Waals surface area (Å²) in [5.41, 5.74) is 4.48. The molecular formula is C12H20F3NO2. The fourth-order valence-corrected chi connectivity index (χ4v) is 2.84. The van der Waals surface area contributed by atoms with Crippen molar-refractivity contribution in [3.05, 3.63) is 0 Å². The van der Waals surface area contributed by atoms with E-state index in [0.29, 0.717) is 0 Å². The molecule has 3 nitrogen and oxygen atoms in total. The summed E-state index contributed by atoms with van der Waals surface area (Å²) in [6.45, 7) is 3.40. The molecule has 106 valence electrons. The number of rotatable bonds is 3. The summed E-state index contributed by atoms with van der Waals surface area (Å²) in [7, 11) is 0. The number of nitrogens with two attached hydrogens (primary N) is 1. The Hall–Kier alpha value is -0.780. The van der Waals surface area contributed by atoms with Crippen molar-refractivity contribution in [2.24, 2.45) is 17.1 Å². The predicted molar refractivity (Wildman–Crippen MR) is 61.0 cm³/mol. The minimum absolute atomic E-state index is 0.0303. The first kappa shape index (κ1) is 15.3. The average Bonchev–Trinajstić information content (AvgIpc) is 2.14. The molecule has 0 unspecified atom stereocenters. The molecular weight excluding hydrogens is 247 g/mol. The molecule has 1 aliphatic rings. The van der Waals surface area contributed by atoms with Crippen molar-refractivity contribution >= 4 is 5.97 Å². The third-order valence-electron chi connectivity index (χ3n) is 4.26. The Balaban J connectivity index is 2.84. The fourth-order valence-electron chi connectivity index (χ4n) is 2.84. The van der Waals surface area contributed by atoms with Gasteiger partial charge in [-0.3, -0.25) is 4.79 Å². The number of carbonyl (C=O) groups is 1. The maximum atomic E-state index is 12.6. The zero-order valence-electron chi connectivity index (χ0n) is 10.7. The van der Waals surface area contributed by atoms with E-state index in [2.05, 4.69) is 0 Å². The van der Waals surface area contributed by atoms with Crippen molar-refractivity contribution in [3.63, 3.8) is 0 Å². The molecule has 0 radical (unpaired) electrons. The third kappa shape index (κ3) is 3.16. The Bertz CT molecular complexity index is 312. The highest BCUT2D eigenvalue weighted by atomic mass is 19.4. The number of alkyl halides is 3. The number of halogens is 3. The summed E-state index contributed by atoms with van der Waals surface area (Å²) in [5.74, 6) is -2.32. The zero-order chi connectivity index (χ0) is 14.2. The maximum Gasteiger partial charge on any atom is 0.391 e. The summed E-state index contributed by atoms with van der Waals surface area (Å²) >= 11 is 0. The smallest absolute Gasteiger partial charge is 0.391 e. The molecule has 0 bridgehead atoms. The van der Waals surface area contributed by atoms with Crippen LogP contribution in [0, 0.1) is 11.3 Å². The minimum Gasteiger partial charge on any atom is -0.481 e. The minimum atomic E-state index is -4.19. The normalized spacial score (nSPS) is 30.2. The van der Waals surface area contributed by atoms with Gasteiger partial charge < -0.3 is 10.8 Å². The number of carboxylic acids is 1. The van der Waals surface area contributed by atoms with E-state index in [4.69, 9.17) is 10.8 Å². The Labute approximate surface area is 105 Å². The Morgan fingerprint density at radius 2 is 1.78 bits per heavy atom. The predicted octanol–water partition coefficient (Wildman–Crippen LogP) is 2.94. The lowest BCUT2D eigenvalue weighted by molar-refractivity contribution is -0.190. The molecule has 0 spiro atoms. The fraction of sp³-hybridized carbons (Fsp3) is 0.917. The van der Waals surface area contributed by atoms with Crippen molar-refractivity contribution in [2.45, 2.75) is 57.7 Å². The van der Waals surface area contributed by atoms with Gasteiger partial charge in [0, 0.05) is 5.54 Å². The highest BCUT2D eigenvalue weighted by molar-refractivity contribution is 5.68. The van der Waals surface area contributed by atoms with Gasteiger partial charge in [-0.25, -0.2) is 0 Å². The number of hydrogen-bond donors (Lipinski definition) is 2. The van der Waals surface area contributed by atoms with Crippen LogP contribution >= 0.6 is 0 Å². The Morgan fingerprint density at radius 1 is 1.33 bits per heavy atom. The van der Waals surface area contributed by atoms with Gasteiger partial charge in [0.25, 0.3) is 0 Å². The van der Waals surface area contributed by atoms with Crippen LogP contribution in [-0.4, -0.2) is 22.8 Å². The molecule has 0 aromatic rings. The summed E-state index contributed by atoms with van der Waals surface area (Å²) in [5, 5.41) is 8.94. The van der Waals surface area contributed by atoms with Crippen molar-refractivity contribution in [3.8, 4) is 0 Å². The third-order valence-corrected chi connectivity index (χ3v) is 4.26. The van der Waals surface area contributed by atoms with Crippen LogP contribution in [-0.2, 0) is 4.79 Å². The largest absolute Gasteiger partial charge is 0.481 e. The average molecular weight is 267 g/mol. The van der Waals surface area contributed by atoms with Crippen LogP contribution in [0.15, 0.2) is 0 Å². The zero-order valence-corrected chi connectivity index (χ0v) is 10.7. The molecule has 0 saturated heterocycles. The van der Waals surface area contributed by atoms with Crippen molar-refractivity contribution < 1.29 is 23.1 Å². The van der Waals surface area contributed by atoms with E-state index in [-0.39, 0.29) is 32.1 Å². The molecule has 0 heterocycles. The van der Waals surface area contributed by atoms with Gasteiger partial charge in [0.2, 0.25) is 0 Å². The molecule has 0 atom stereocenters. The SMILES string of the molecule is CC(C)(N)C1(CC(=O)O)CCC(C(F)(F)F)CC1. The quantitative estimate of drug-likeness (QED) is 0.826. The van der Waals surface area contributed by atoms with Crippen LogP contribution in [0.3, 0.4) is 0 Å².